The van der Waals surface area contributed by atoms with Crippen LogP contribution in [0, 0.1) is 0 Å². The lowest BCUT2D eigenvalue weighted by molar-refractivity contribution is -0.254. The summed E-state index contributed by atoms with van der Waals surface area (Å²) in [5, 5.41) is 17.3. The van der Waals surface area contributed by atoms with Crippen LogP contribution in [0.1, 0.15) is 12.0 Å². The Kier molecular flexibility index (Phi) is 5.21. The zero-order valence-corrected chi connectivity index (χ0v) is 17.1. The van der Waals surface area contributed by atoms with Crippen LogP contribution in [0.3, 0.4) is 0 Å². The van der Waals surface area contributed by atoms with Crippen molar-refractivity contribution in [1.82, 2.24) is 4.98 Å². The Labute approximate surface area is 179 Å². The Hall–Kier alpha value is -2.62. The number of nitrogens with zero attached hydrogens (tertiary/aromatic N) is 3. The molecule has 0 bridgehead atoms. The predicted molar refractivity (Wildman–Crippen MR) is 110 cm³/mol. The highest BCUT2D eigenvalue weighted by Crippen LogP contribution is 2.45. The van der Waals surface area contributed by atoms with Crippen LogP contribution in [-0.4, -0.2) is 34.8 Å². The number of halogens is 4. The first-order valence-corrected chi connectivity index (χ1v) is 10.00. The lowest BCUT2D eigenvalue weighted by atomic mass is 10.0. The molecule has 1 aromatic heterocycles. The number of benzene rings is 2. The summed E-state index contributed by atoms with van der Waals surface area (Å²) < 4.78 is 46.6. The van der Waals surface area contributed by atoms with E-state index in [1.54, 1.807) is 53.9 Å². The van der Waals surface area contributed by atoms with Crippen LogP contribution in [0.25, 0.3) is 11.3 Å². The summed E-state index contributed by atoms with van der Waals surface area (Å²) in [4.78, 5) is 4.27. The molecule has 5 nitrogen and oxygen atoms in total. The number of thiazole rings is 1. The van der Waals surface area contributed by atoms with E-state index in [9.17, 15) is 18.3 Å². The van der Waals surface area contributed by atoms with Crippen LogP contribution in [0.5, 0.6) is 5.75 Å². The monoisotopic (exact) mass is 453 g/mol. The van der Waals surface area contributed by atoms with Gasteiger partial charge in [0.15, 0.2) is 0 Å². The van der Waals surface area contributed by atoms with Crippen LogP contribution in [0.4, 0.5) is 18.3 Å². The smallest absolute Gasteiger partial charge is 0.438 e. The minimum Gasteiger partial charge on any atom is -0.497 e. The van der Waals surface area contributed by atoms with Crippen LogP contribution in [-0.2, 0) is 0 Å². The number of alkyl halides is 3. The Balaban J connectivity index is 1.72. The summed E-state index contributed by atoms with van der Waals surface area (Å²) in [6.45, 7) is 0. The number of hydrazone groups is 1. The minimum absolute atomic E-state index is 0.0664. The van der Waals surface area contributed by atoms with E-state index in [-0.39, 0.29) is 10.8 Å². The maximum absolute atomic E-state index is 13.8. The molecule has 0 aliphatic carbocycles. The fraction of sp³-hybridized carbons (Fsp3) is 0.200. The molecule has 10 heteroatoms. The van der Waals surface area contributed by atoms with Gasteiger partial charge in [-0.2, -0.15) is 23.3 Å². The third-order valence-corrected chi connectivity index (χ3v) is 5.74. The molecule has 0 spiro atoms. The predicted octanol–water partition coefficient (Wildman–Crippen LogP) is 5.34. The number of aromatic nitrogens is 1. The molecule has 1 unspecified atom stereocenters. The van der Waals surface area contributed by atoms with E-state index in [1.807, 2.05) is 0 Å². The summed E-state index contributed by atoms with van der Waals surface area (Å²) in [5.74, 6) is 0.563. The minimum atomic E-state index is -4.95. The first kappa shape index (κ1) is 20.6. The Morgan fingerprint density at radius 3 is 2.33 bits per heavy atom. The topological polar surface area (TPSA) is 58.0 Å². The van der Waals surface area contributed by atoms with E-state index in [0.717, 1.165) is 11.3 Å². The largest absolute Gasteiger partial charge is 0.497 e. The van der Waals surface area contributed by atoms with Gasteiger partial charge in [0.1, 0.15) is 5.75 Å². The lowest BCUT2D eigenvalue weighted by Gasteiger charge is -2.32. The van der Waals surface area contributed by atoms with Crippen LogP contribution in [0.2, 0.25) is 5.02 Å². The number of anilines is 1. The van der Waals surface area contributed by atoms with Crippen molar-refractivity contribution < 1.29 is 23.0 Å². The molecule has 0 saturated heterocycles. The number of methoxy groups -OCH3 is 1. The van der Waals surface area contributed by atoms with E-state index in [4.69, 9.17) is 16.3 Å². The molecule has 156 valence electrons. The SMILES string of the molecule is COc1ccc(C2=NN(c3nc(-c4ccc(Cl)cc4)cs3)C(O)(C(F)(F)F)C2)cc1. The van der Waals surface area contributed by atoms with Gasteiger partial charge in [-0.3, -0.25) is 0 Å². The molecule has 1 N–H and O–H groups in total. The quantitative estimate of drug-likeness (QED) is 0.579. The van der Waals surface area contributed by atoms with Crippen molar-refractivity contribution in [2.75, 3.05) is 12.1 Å². The molecule has 2 aromatic carbocycles. The van der Waals surface area contributed by atoms with E-state index >= 15 is 0 Å². The first-order chi connectivity index (χ1) is 14.2. The van der Waals surface area contributed by atoms with Gasteiger partial charge in [-0.1, -0.05) is 23.7 Å². The fourth-order valence-electron chi connectivity index (χ4n) is 3.03. The van der Waals surface area contributed by atoms with Crippen LogP contribution >= 0.6 is 22.9 Å². The van der Waals surface area contributed by atoms with Gasteiger partial charge < -0.3 is 9.84 Å². The van der Waals surface area contributed by atoms with Crippen molar-refractivity contribution in [3.8, 4) is 17.0 Å². The summed E-state index contributed by atoms with van der Waals surface area (Å²) in [6, 6.07) is 13.2. The maximum Gasteiger partial charge on any atom is 0.438 e. The zero-order valence-electron chi connectivity index (χ0n) is 15.5. The van der Waals surface area contributed by atoms with Gasteiger partial charge in [0.25, 0.3) is 5.72 Å². The molecular formula is C20H15ClF3N3O2S. The van der Waals surface area contributed by atoms with E-state index < -0.39 is 18.3 Å². The number of hydrogen-bond acceptors (Lipinski definition) is 6. The van der Waals surface area contributed by atoms with E-state index in [0.29, 0.717) is 32.6 Å². The molecule has 4 rings (SSSR count). The molecule has 3 aromatic rings. The van der Waals surface area contributed by atoms with Gasteiger partial charge in [-0.05, 0) is 42.0 Å². The molecule has 0 radical (unpaired) electrons. The third-order valence-electron chi connectivity index (χ3n) is 4.68. The van der Waals surface area contributed by atoms with Gasteiger partial charge >= 0.3 is 6.18 Å². The molecule has 2 heterocycles. The first-order valence-electron chi connectivity index (χ1n) is 8.74. The maximum atomic E-state index is 13.8. The number of aliphatic hydroxyl groups is 1. The highest BCUT2D eigenvalue weighted by atomic mass is 35.5. The number of ether oxygens (including phenoxy) is 1. The molecule has 0 saturated carbocycles. The van der Waals surface area contributed by atoms with Crippen molar-refractivity contribution in [2.24, 2.45) is 5.10 Å². The third kappa shape index (κ3) is 3.64. The standard InChI is InChI=1S/C20H15ClF3N3O2S/c1-29-15-8-4-12(5-9-15)16-10-19(28,20(22,23)24)27(26-16)18-25-17(11-30-18)13-2-6-14(21)7-3-13/h2-9,11,28H,10H2,1H3. The van der Waals surface area contributed by atoms with E-state index in [2.05, 4.69) is 10.1 Å². The molecular weight excluding hydrogens is 439 g/mol. The Morgan fingerprint density at radius 2 is 1.73 bits per heavy atom. The lowest BCUT2D eigenvalue weighted by Crippen LogP contribution is -2.55. The Morgan fingerprint density at radius 1 is 1.10 bits per heavy atom. The molecule has 0 amide bonds. The van der Waals surface area contributed by atoms with Gasteiger partial charge in [0, 0.05) is 16.0 Å². The second kappa shape index (κ2) is 7.57. The second-order valence-corrected chi connectivity index (χ2v) is 7.87. The van der Waals surface area contributed by atoms with Crippen LogP contribution in [0.15, 0.2) is 59.0 Å². The van der Waals surface area contributed by atoms with Gasteiger partial charge in [-0.15, -0.1) is 11.3 Å². The summed E-state index contributed by atoms with van der Waals surface area (Å²) in [5.41, 5.74) is -1.49. The van der Waals surface area contributed by atoms with Crippen molar-refractivity contribution >= 4 is 33.8 Å². The molecule has 1 atom stereocenters. The van der Waals surface area contributed by atoms with Crippen molar-refractivity contribution in [3.63, 3.8) is 0 Å². The molecule has 0 fully saturated rings. The average molecular weight is 454 g/mol. The molecule has 30 heavy (non-hydrogen) atoms. The van der Waals surface area contributed by atoms with Gasteiger partial charge in [-0.25, -0.2) is 4.98 Å². The second-order valence-electron chi connectivity index (χ2n) is 6.60. The molecule has 1 aliphatic heterocycles. The van der Waals surface area contributed by atoms with Crippen LogP contribution < -0.4 is 9.75 Å². The Bertz CT molecular complexity index is 1080. The van der Waals surface area contributed by atoms with E-state index in [1.165, 1.54) is 7.11 Å². The van der Waals surface area contributed by atoms with Crippen molar-refractivity contribution in [3.05, 3.63) is 64.5 Å². The summed E-state index contributed by atoms with van der Waals surface area (Å²) >= 11 is 6.84. The van der Waals surface area contributed by atoms with Gasteiger partial charge in [0.2, 0.25) is 5.13 Å². The number of hydrogen-bond donors (Lipinski definition) is 1. The molecule has 1 aliphatic rings. The van der Waals surface area contributed by atoms with Crippen molar-refractivity contribution in [2.45, 2.75) is 18.3 Å². The highest BCUT2D eigenvalue weighted by Gasteiger charge is 2.62. The summed E-state index contributed by atoms with van der Waals surface area (Å²) in [7, 11) is 1.49. The zero-order chi connectivity index (χ0) is 21.5. The highest BCUT2D eigenvalue weighted by molar-refractivity contribution is 7.14. The normalized spacial score (nSPS) is 19.1. The summed E-state index contributed by atoms with van der Waals surface area (Å²) in [6.07, 6.45) is -5.67. The number of rotatable bonds is 4. The fourth-order valence-corrected chi connectivity index (χ4v) is 4.00. The van der Waals surface area contributed by atoms with Crippen molar-refractivity contribution in [1.29, 1.82) is 0 Å². The average Bonchev–Trinajstić information content (AvgIpc) is 3.33. The van der Waals surface area contributed by atoms with Gasteiger partial charge in [0.05, 0.1) is 24.9 Å².